The third-order valence-corrected chi connectivity index (χ3v) is 6.04. The molecular formula is C25H17BrO. The second-order valence-electron chi connectivity index (χ2n) is 6.83. The first-order valence-electron chi connectivity index (χ1n) is 8.97. The molecule has 0 heterocycles. The predicted molar refractivity (Wildman–Crippen MR) is 114 cm³/mol. The molecule has 0 aromatic heterocycles. The maximum atomic E-state index is 12.3. The van der Waals surface area contributed by atoms with Crippen molar-refractivity contribution in [1.82, 2.24) is 0 Å². The lowest BCUT2D eigenvalue weighted by Crippen LogP contribution is -2.27. The SMILES string of the molecule is OC1(c2ccccc2-c2ccccc2)c2ccccc2-c2cccc(Br)c21. The summed E-state index contributed by atoms with van der Waals surface area (Å²) in [5.41, 5.74) is 5.82. The van der Waals surface area contributed by atoms with Crippen molar-refractivity contribution in [2.24, 2.45) is 0 Å². The summed E-state index contributed by atoms with van der Waals surface area (Å²) < 4.78 is 0.918. The Kier molecular flexibility index (Phi) is 3.78. The fourth-order valence-electron chi connectivity index (χ4n) is 4.23. The molecule has 0 radical (unpaired) electrons. The van der Waals surface area contributed by atoms with Crippen LogP contribution in [0.3, 0.4) is 0 Å². The number of hydrogen-bond donors (Lipinski definition) is 1. The van der Waals surface area contributed by atoms with Gasteiger partial charge in [0, 0.05) is 21.2 Å². The van der Waals surface area contributed by atoms with Gasteiger partial charge in [0.2, 0.25) is 0 Å². The minimum absolute atomic E-state index is 0.898. The van der Waals surface area contributed by atoms with Gasteiger partial charge < -0.3 is 5.11 Å². The van der Waals surface area contributed by atoms with E-state index in [4.69, 9.17) is 0 Å². The maximum Gasteiger partial charge on any atom is 0.143 e. The fourth-order valence-corrected chi connectivity index (χ4v) is 4.89. The number of rotatable bonds is 2. The zero-order valence-corrected chi connectivity index (χ0v) is 16.1. The van der Waals surface area contributed by atoms with Crippen LogP contribution in [0.1, 0.15) is 16.7 Å². The van der Waals surface area contributed by atoms with Crippen LogP contribution in [0.4, 0.5) is 0 Å². The quantitative estimate of drug-likeness (QED) is 0.404. The van der Waals surface area contributed by atoms with Crippen LogP contribution in [0.15, 0.2) is 102 Å². The average molecular weight is 413 g/mol. The van der Waals surface area contributed by atoms with Crippen LogP contribution in [-0.2, 0) is 5.60 Å². The lowest BCUT2D eigenvalue weighted by molar-refractivity contribution is 0.130. The van der Waals surface area contributed by atoms with Crippen molar-refractivity contribution < 1.29 is 5.11 Å². The molecule has 4 aromatic rings. The summed E-state index contributed by atoms with van der Waals surface area (Å²) >= 11 is 3.70. The highest BCUT2D eigenvalue weighted by Gasteiger charge is 2.45. The van der Waals surface area contributed by atoms with Gasteiger partial charge in [-0.25, -0.2) is 0 Å². The Morgan fingerprint density at radius 3 is 1.85 bits per heavy atom. The molecule has 0 saturated carbocycles. The highest BCUT2D eigenvalue weighted by Crippen LogP contribution is 2.54. The molecule has 2 heteroatoms. The van der Waals surface area contributed by atoms with E-state index in [9.17, 15) is 5.11 Å². The molecule has 1 nitrogen and oxygen atoms in total. The largest absolute Gasteiger partial charge is 0.376 e. The molecule has 0 bridgehead atoms. The number of fused-ring (bicyclic) bond motifs is 3. The molecule has 4 aromatic carbocycles. The van der Waals surface area contributed by atoms with Gasteiger partial charge in [0.15, 0.2) is 0 Å². The number of halogens is 1. The third-order valence-electron chi connectivity index (χ3n) is 5.38. The monoisotopic (exact) mass is 412 g/mol. The van der Waals surface area contributed by atoms with Crippen LogP contribution >= 0.6 is 15.9 Å². The average Bonchev–Trinajstić information content (AvgIpc) is 3.00. The molecule has 0 fully saturated rings. The van der Waals surface area contributed by atoms with Gasteiger partial charge in [0.1, 0.15) is 5.60 Å². The summed E-state index contributed by atoms with van der Waals surface area (Å²) in [5.74, 6) is 0. The minimum Gasteiger partial charge on any atom is -0.376 e. The van der Waals surface area contributed by atoms with Crippen molar-refractivity contribution in [3.63, 3.8) is 0 Å². The van der Waals surface area contributed by atoms with Crippen molar-refractivity contribution in [2.75, 3.05) is 0 Å². The standard InChI is InChI=1S/C25H17BrO/c26-23-16-8-13-20-19-12-5-7-15-22(19)25(27,24(20)23)21-14-6-4-11-18(21)17-9-2-1-3-10-17/h1-16,27H. The lowest BCUT2D eigenvalue weighted by Gasteiger charge is -2.29. The molecule has 0 spiro atoms. The van der Waals surface area contributed by atoms with E-state index >= 15 is 0 Å². The van der Waals surface area contributed by atoms with Gasteiger partial charge >= 0.3 is 0 Å². The smallest absolute Gasteiger partial charge is 0.143 e. The maximum absolute atomic E-state index is 12.3. The predicted octanol–water partition coefficient (Wildman–Crippen LogP) is 6.38. The highest BCUT2D eigenvalue weighted by atomic mass is 79.9. The molecule has 0 amide bonds. The Bertz CT molecular complexity index is 1150. The van der Waals surface area contributed by atoms with Crippen LogP contribution < -0.4 is 0 Å². The van der Waals surface area contributed by atoms with E-state index < -0.39 is 5.60 Å². The van der Waals surface area contributed by atoms with Crippen LogP contribution in [0.5, 0.6) is 0 Å². The van der Waals surface area contributed by atoms with Gasteiger partial charge in [0.25, 0.3) is 0 Å². The van der Waals surface area contributed by atoms with Crippen LogP contribution in [0.25, 0.3) is 22.3 Å². The van der Waals surface area contributed by atoms with E-state index in [1.807, 2.05) is 66.7 Å². The minimum atomic E-state index is -1.21. The van der Waals surface area contributed by atoms with Gasteiger partial charge in [0.05, 0.1) is 0 Å². The van der Waals surface area contributed by atoms with Gasteiger partial charge in [-0.05, 0) is 28.3 Å². The van der Waals surface area contributed by atoms with E-state index in [2.05, 4.69) is 46.3 Å². The summed E-state index contributed by atoms with van der Waals surface area (Å²) in [6.07, 6.45) is 0. The van der Waals surface area contributed by atoms with Crippen molar-refractivity contribution in [2.45, 2.75) is 5.60 Å². The van der Waals surface area contributed by atoms with Gasteiger partial charge in [-0.15, -0.1) is 0 Å². The Morgan fingerprint density at radius 2 is 1.11 bits per heavy atom. The van der Waals surface area contributed by atoms with Crippen molar-refractivity contribution >= 4 is 15.9 Å². The molecule has 130 valence electrons. The van der Waals surface area contributed by atoms with Crippen molar-refractivity contribution in [3.05, 3.63) is 118 Å². The summed E-state index contributed by atoms with van der Waals surface area (Å²) in [6, 6.07) is 32.6. The number of benzene rings is 4. The van der Waals surface area contributed by atoms with E-state index in [0.717, 1.165) is 43.4 Å². The lowest BCUT2D eigenvalue weighted by atomic mass is 9.80. The molecular weight excluding hydrogens is 396 g/mol. The van der Waals surface area contributed by atoms with Gasteiger partial charge in [-0.1, -0.05) is 107 Å². The Morgan fingerprint density at radius 1 is 0.556 bits per heavy atom. The molecule has 1 unspecified atom stereocenters. The molecule has 1 aliphatic rings. The van der Waals surface area contributed by atoms with Crippen LogP contribution in [0, 0.1) is 0 Å². The molecule has 1 N–H and O–H groups in total. The Hall–Kier alpha value is -2.68. The van der Waals surface area contributed by atoms with Gasteiger partial charge in [-0.3, -0.25) is 0 Å². The third kappa shape index (κ3) is 2.34. The van der Waals surface area contributed by atoms with E-state index in [1.165, 1.54) is 0 Å². The molecule has 27 heavy (non-hydrogen) atoms. The number of aliphatic hydroxyl groups is 1. The first kappa shape index (κ1) is 16.5. The van der Waals surface area contributed by atoms with Crippen LogP contribution in [-0.4, -0.2) is 5.11 Å². The zero-order chi connectivity index (χ0) is 18.4. The second kappa shape index (κ2) is 6.19. The molecule has 1 aliphatic carbocycles. The molecule has 1 atom stereocenters. The second-order valence-corrected chi connectivity index (χ2v) is 7.68. The summed E-state index contributed by atoms with van der Waals surface area (Å²) in [6.45, 7) is 0. The highest BCUT2D eigenvalue weighted by molar-refractivity contribution is 9.10. The summed E-state index contributed by atoms with van der Waals surface area (Å²) in [4.78, 5) is 0. The molecule has 5 rings (SSSR count). The first-order valence-corrected chi connectivity index (χ1v) is 9.76. The van der Waals surface area contributed by atoms with E-state index in [1.54, 1.807) is 0 Å². The summed E-state index contributed by atoms with van der Waals surface area (Å²) in [7, 11) is 0. The van der Waals surface area contributed by atoms with Gasteiger partial charge in [-0.2, -0.15) is 0 Å². The van der Waals surface area contributed by atoms with Crippen molar-refractivity contribution in [3.8, 4) is 22.3 Å². The van der Waals surface area contributed by atoms with Crippen LogP contribution in [0.2, 0.25) is 0 Å². The Balaban J connectivity index is 1.88. The van der Waals surface area contributed by atoms with E-state index in [-0.39, 0.29) is 0 Å². The van der Waals surface area contributed by atoms with E-state index in [0.29, 0.717) is 0 Å². The fraction of sp³-hybridized carbons (Fsp3) is 0.0400. The number of hydrogen-bond acceptors (Lipinski definition) is 1. The summed E-state index contributed by atoms with van der Waals surface area (Å²) in [5, 5.41) is 12.3. The molecule has 0 saturated heterocycles. The first-order chi connectivity index (χ1) is 13.2. The Labute approximate surface area is 167 Å². The normalized spacial score (nSPS) is 17.4. The van der Waals surface area contributed by atoms with Crippen molar-refractivity contribution in [1.29, 1.82) is 0 Å². The molecule has 0 aliphatic heterocycles. The topological polar surface area (TPSA) is 20.2 Å². The zero-order valence-electron chi connectivity index (χ0n) is 14.6.